The molecule has 0 unspecified atom stereocenters. The van der Waals surface area contributed by atoms with Crippen molar-refractivity contribution in [2.24, 2.45) is 5.11 Å². The summed E-state index contributed by atoms with van der Waals surface area (Å²) >= 11 is 2.23. The average molecular weight is 279 g/mol. The summed E-state index contributed by atoms with van der Waals surface area (Å²) in [5.41, 5.74) is 7.99. The van der Waals surface area contributed by atoms with Crippen LogP contribution in [0.5, 0.6) is 0 Å². The zero-order chi connectivity index (χ0) is 9.07. The molecule has 0 spiro atoms. The van der Waals surface area contributed by atoms with Gasteiger partial charge in [-0.2, -0.15) is 0 Å². The number of hydrogen-bond acceptors (Lipinski definition) is 1. The van der Waals surface area contributed by atoms with Gasteiger partial charge in [0.25, 0.3) is 0 Å². The first-order valence-electron chi connectivity index (χ1n) is 4.18. The molecule has 0 N–H and O–H groups in total. The molecule has 0 bridgehead atoms. The van der Waals surface area contributed by atoms with Crippen LogP contribution in [0.3, 0.4) is 0 Å². The highest BCUT2D eigenvalue weighted by atomic mass is 127. The van der Waals surface area contributed by atoms with E-state index in [9.17, 15) is 0 Å². The minimum absolute atomic E-state index is 0.651. The highest BCUT2D eigenvalue weighted by molar-refractivity contribution is 14.1. The van der Waals surface area contributed by atoms with Crippen LogP contribution in [0.1, 0.15) is 32.1 Å². The van der Waals surface area contributed by atoms with E-state index in [1.54, 1.807) is 0 Å². The second-order valence-corrected chi connectivity index (χ2v) is 3.24. The molecule has 0 atom stereocenters. The number of hydrogen-bond donors (Lipinski definition) is 0. The zero-order valence-corrected chi connectivity index (χ0v) is 9.27. The van der Waals surface area contributed by atoms with Gasteiger partial charge in [0, 0.05) is 11.5 Å². The molecule has 0 aliphatic heterocycles. The molecule has 0 aromatic rings. The highest BCUT2D eigenvalue weighted by Crippen LogP contribution is 2.04. The van der Waals surface area contributed by atoms with Gasteiger partial charge >= 0.3 is 0 Å². The fourth-order valence-electron chi connectivity index (χ4n) is 0.906. The highest BCUT2D eigenvalue weighted by Gasteiger charge is 1.86. The molecule has 68 valence electrons. The average Bonchev–Trinajstić information content (AvgIpc) is 2.10. The Labute approximate surface area is 87.0 Å². The van der Waals surface area contributed by atoms with Gasteiger partial charge in [-0.15, -0.1) is 0 Å². The van der Waals surface area contributed by atoms with E-state index in [0.29, 0.717) is 6.54 Å². The minimum atomic E-state index is 0.651. The number of azide groups is 1. The monoisotopic (exact) mass is 279 g/mol. The molecule has 0 aromatic heterocycles. The predicted molar refractivity (Wildman–Crippen MR) is 60.3 cm³/mol. The van der Waals surface area contributed by atoms with Gasteiger partial charge in [0.1, 0.15) is 0 Å². The van der Waals surface area contributed by atoms with Crippen molar-refractivity contribution in [3.63, 3.8) is 0 Å². The van der Waals surface area contributed by atoms with E-state index < -0.39 is 0 Å². The summed E-state index contributed by atoms with van der Waals surface area (Å²) < 4.78 is 2.05. The molecule has 4 heteroatoms. The second-order valence-electron chi connectivity index (χ2n) is 2.52. The lowest BCUT2D eigenvalue weighted by Crippen LogP contribution is -1.80. The molecule has 0 saturated carbocycles. The van der Waals surface area contributed by atoms with Crippen LogP contribution in [0.4, 0.5) is 0 Å². The molecule has 0 fully saturated rings. The summed E-state index contributed by atoms with van der Waals surface area (Å²) in [5, 5.41) is 3.47. The molecule has 0 heterocycles. The van der Waals surface area contributed by atoms with Crippen molar-refractivity contribution in [1.82, 2.24) is 0 Å². The van der Waals surface area contributed by atoms with Crippen LogP contribution in [0, 0.1) is 0 Å². The van der Waals surface area contributed by atoms with Gasteiger partial charge in [0.05, 0.1) is 0 Å². The first-order valence-corrected chi connectivity index (χ1v) is 5.42. The summed E-state index contributed by atoms with van der Waals surface area (Å²) in [7, 11) is 0. The van der Waals surface area contributed by atoms with E-state index in [2.05, 4.69) is 42.8 Å². The summed E-state index contributed by atoms with van der Waals surface area (Å²) in [5.74, 6) is 0. The number of rotatable bonds is 7. The number of unbranched alkanes of at least 4 members (excludes halogenated alkanes) is 4. The molecule has 12 heavy (non-hydrogen) atoms. The van der Waals surface area contributed by atoms with E-state index in [-0.39, 0.29) is 0 Å². The van der Waals surface area contributed by atoms with Crippen LogP contribution in [-0.2, 0) is 0 Å². The molecular weight excluding hydrogens is 265 g/mol. The number of allylic oxidation sites excluding steroid dienone is 1. The number of nitrogens with zero attached hydrogens (tertiary/aromatic N) is 3. The number of halogens is 1. The molecule has 0 saturated heterocycles. The van der Waals surface area contributed by atoms with Crippen molar-refractivity contribution in [3.05, 3.63) is 20.6 Å². The Kier molecular flexibility index (Phi) is 10.6. The quantitative estimate of drug-likeness (QED) is 0.220. The van der Waals surface area contributed by atoms with Crippen molar-refractivity contribution in [2.75, 3.05) is 6.54 Å². The Morgan fingerprint density at radius 2 is 2.00 bits per heavy atom. The lowest BCUT2D eigenvalue weighted by atomic mass is 10.1. The summed E-state index contributed by atoms with van der Waals surface area (Å²) in [6.45, 7) is 0.651. The standard InChI is InChI=1S/C8H14IN3/c9-7-5-3-1-2-4-6-8-11-12-10/h5,7H,1-4,6,8H2/b7-5+. The SMILES string of the molecule is [N-]=[N+]=NCCCCCC/C=C/I. The van der Waals surface area contributed by atoms with Crippen molar-refractivity contribution in [2.45, 2.75) is 32.1 Å². The summed E-state index contributed by atoms with van der Waals surface area (Å²) in [6, 6.07) is 0. The van der Waals surface area contributed by atoms with Crippen LogP contribution >= 0.6 is 22.6 Å². The summed E-state index contributed by atoms with van der Waals surface area (Å²) in [6.07, 6.45) is 8.03. The van der Waals surface area contributed by atoms with E-state index in [1.165, 1.54) is 25.7 Å². The van der Waals surface area contributed by atoms with Gasteiger partial charge < -0.3 is 0 Å². The Morgan fingerprint density at radius 1 is 1.25 bits per heavy atom. The van der Waals surface area contributed by atoms with Crippen LogP contribution in [0.2, 0.25) is 0 Å². The van der Waals surface area contributed by atoms with E-state index in [1.807, 2.05) is 0 Å². The third kappa shape index (κ3) is 9.78. The van der Waals surface area contributed by atoms with E-state index in [4.69, 9.17) is 5.53 Å². The lowest BCUT2D eigenvalue weighted by Gasteiger charge is -1.95. The maximum atomic E-state index is 7.99. The Bertz CT molecular complexity index is 162. The van der Waals surface area contributed by atoms with Crippen molar-refractivity contribution in [3.8, 4) is 0 Å². The predicted octanol–water partition coefficient (Wildman–Crippen LogP) is 4.20. The Morgan fingerprint density at radius 3 is 2.67 bits per heavy atom. The fraction of sp³-hybridized carbons (Fsp3) is 0.750. The van der Waals surface area contributed by atoms with Gasteiger partial charge in [-0.25, -0.2) is 0 Å². The van der Waals surface area contributed by atoms with Crippen LogP contribution < -0.4 is 0 Å². The van der Waals surface area contributed by atoms with Gasteiger partial charge in [-0.05, 0) is 28.9 Å². The molecule has 0 aliphatic carbocycles. The van der Waals surface area contributed by atoms with Gasteiger partial charge in [-0.1, -0.05) is 46.6 Å². The van der Waals surface area contributed by atoms with Crippen molar-refractivity contribution in [1.29, 1.82) is 0 Å². The largest absolute Gasteiger partial charge is 0.0940 e. The molecule has 0 radical (unpaired) electrons. The van der Waals surface area contributed by atoms with Crippen molar-refractivity contribution < 1.29 is 0 Å². The summed E-state index contributed by atoms with van der Waals surface area (Å²) in [4.78, 5) is 2.70. The third-order valence-corrected chi connectivity index (χ3v) is 2.04. The van der Waals surface area contributed by atoms with Gasteiger partial charge in [0.2, 0.25) is 0 Å². The first kappa shape index (κ1) is 11.8. The fourth-order valence-corrected chi connectivity index (χ4v) is 1.27. The van der Waals surface area contributed by atoms with Gasteiger partial charge in [-0.3, -0.25) is 0 Å². The van der Waals surface area contributed by atoms with Crippen LogP contribution in [0.15, 0.2) is 15.3 Å². The lowest BCUT2D eigenvalue weighted by molar-refractivity contribution is 0.652. The molecular formula is C8H14IN3. The second kappa shape index (κ2) is 10.8. The van der Waals surface area contributed by atoms with E-state index >= 15 is 0 Å². The van der Waals surface area contributed by atoms with Gasteiger partial charge in [0.15, 0.2) is 0 Å². The minimum Gasteiger partial charge on any atom is -0.0940 e. The third-order valence-electron chi connectivity index (χ3n) is 1.53. The van der Waals surface area contributed by atoms with Crippen LogP contribution in [-0.4, -0.2) is 6.54 Å². The van der Waals surface area contributed by atoms with Crippen molar-refractivity contribution >= 4 is 22.6 Å². The molecule has 0 rings (SSSR count). The first-order chi connectivity index (χ1) is 5.91. The maximum absolute atomic E-state index is 7.99. The molecule has 3 nitrogen and oxygen atoms in total. The Hall–Kier alpha value is -0.220. The topological polar surface area (TPSA) is 48.8 Å². The Balaban J connectivity index is 2.95. The normalized spacial score (nSPS) is 10.1. The molecule has 0 aliphatic rings. The smallest absolute Gasteiger partial charge is 0.0257 e. The van der Waals surface area contributed by atoms with E-state index in [0.717, 1.165) is 6.42 Å². The zero-order valence-electron chi connectivity index (χ0n) is 7.12. The molecule has 0 amide bonds. The molecule has 0 aromatic carbocycles. The maximum Gasteiger partial charge on any atom is 0.0257 e. The van der Waals surface area contributed by atoms with Crippen LogP contribution in [0.25, 0.3) is 10.4 Å².